The Kier molecular flexibility index (Phi) is 76.4. The number of hydrogen-bond donors (Lipinski definition) is 0. The van der Waals surface area contributed by atoms with Crippen LogP contribution in [0.15, 0.2) is 109 Å². The van der Waals surface area contributed by atoms with Crippen LogP contribution in [-0.2, 0) is 33.3 Å². The fourth-order valence-electron chi connectivity index (χ4n) is 12.2. The Balaban J connectivity index is 4.02. The monoisotopic (exact) mass is 1380 g/mol. The Morgan fingerprint density at radius 2 is 0.576 bits per heavy atom. The fraction of sp³-hybridized carbons (Fsp3) is 0.767. The molecule has 0 spiro atoms. The van der Waals surface area contributed by atoms with Crippen LogP contribution in [0.4, 0.5) is 0 Å². The lowest BCUT2D eigenvalue weighted by Gasteiger charge is -2.26. The van der Waals surface area contributed by atoms with Crippen molar-refractivity contribution in [2.75, 3.05) is 47.5 Å². The maximum atomic E-state index is 13.0. The molecule has 0 bridgehead atoms. The molecular formula is C90H159NO8. The largest absolute Gasteiger partial charge is 0.545 e. The summed E-state index contributed by atoms with van der Waals surface area (Å²) >= 11 is 0. The molecule has 0 aromatic heterocycles. The first kappa shape index (κ1) is 94.9. The molecule has 0 fully saturated rings. The van der Waals surface area contributed by atoms with Crippen LogP contribution in [-0.4, -0.2) is 82.3 Å². The molecule has 572 valence electrons. The van der Waals surface area contributed by atoms with Crippen molar-refractivity contribution < 1.29 is 42.9 Å². The van der Waals surface area contributed by atoms with Gasteiger partial charge in [0.05, 0.1) is 40.3 Å². The molecule has 0 aromatic rings. The Morgan fingerprint density at radius 1 is 0.313 bits per heavy atom. The number of hydrogen-bond acceptors (Lipinski definition) is 8. The standard InChI is InChI=1S/C90H159NO8/c1-6-8-10-12-14-16-18-20-22-24-26-28-30-32-34-36-38-40-42-43-44-45-47-49-51-53-55-57-59-61-63-65-67-69-71-73-75-77-79-81-88(93)99-86(85-98-90(89(94)95)96-83-82-91(3,4)5)84-97-87(92)80-78-76-74-72-70-68-66-64-62-60-58-56-54-52-50-48-46-41-39-37-35-33-31-29-27-25-23-21-19-17-15-13-11-9-7-2/h8,10,14,16,20,22,26,28,32,34,38,40,43-44,47,49,53,55,86,90H,6-7,9,11-13,15,17-19,21,23-25,27,29-31,33,35-37,39,41-42,45-46,48,50-52,54,56-85H2,1-5H3/b10-8-,16-14-,22-20-,28-26-,34-32-,40-38-,44-43-,49-47-,55-53-. The van der Waals surface area contributed by atoms with Gasteiger partial charge in [-0.3, -0.25) is 9.59 Å². The van der Waals surface area contributed by atoms with Gasteiger partial charge < -0.3 is 33.3 Å². The van der Waals surface area contributed by atoms with Gasteiger partial charge >= 0.3 is 11.9 Å². The van der Waals surface area contributed by atoms with E-state index in [1.54, 1.807) is 0 Å². The summed E-state index contributed by atoms with van der Waals surface area (Å²) in [4.78, 5) is 37.6. The number of carboxylic acids is 1. The van der Waals surface area contributed by atoms with Crippen LogP contribution in [0.1, 0.15) is 386 Å². The van der Waals surface area contributed by atoms with Crippen molar-refractivity contribution in [2.24, 2.45) is 0 Å². The predicted octanol–water partition coefficient (Wildman–Crippen LogP) is 25.9. The SMILES string of the molecule is CC/C=C\C/C=C\C/C=C\C/C=C\C/C=C\C/C=C\C/C=C\C/C=C\C/C=C\CCCCCCCCCCCCCC(=O)OC(COC(=O)CCCCCCCCCCCCCCCCCCCCCCCCCCCCCCCCCCCCC)COC(OCC[N+](C)(C)C)C(=O)[O-]. The third-order valence-corrected chi connectivity index (χ3v) is 18.5. The van der Waals surface area contributed by atoms with Gasteiger partial charge in [0.1, 0.15) is 13.2 Å². The number of carboxylic acid groups (broad SMARTS) is 1. The molecule has 0 aromatic carbocycles. The van der Waals surface area contributed by atoms with Crippen LogP contribution in [0.2, 0.25) is 0 Å². The van der Waals surface area contributed by atoms with Crippen molar-refractivity contribution >= 4 is 17.9 Å². The molecule has 9 heteroatoms. The lowest BCUT2D eigenvalue weighted by Crippen LogP contribution is -2.44. The lowest BCUT2D eigenvalue weighted by atomic mass is 10.0. The van der Waals surface area contributed by atoms with Gasteiger partial charge in [0.25, 0.3) is 0 Å². The van der Waals surface area contributed by atoms with E-state index in [9.17, 15) is 19.5 Å². The Hall–Kier alpha value is -4.05. The molecule has 0 radical (unpaired) electrons. The minimum absolute atomic E-state index is 0.145. The maximum Gasteiger partial charge on any atom is 0.306 e. The number of rotatable bonds is 78. The fourth-order valence-corrected chi connectivity index (χ4v) is 12.2. The smallest absolute Gasteiger partial charge is 0.306 e. The second kappa shape index (κ2) is 79.6. The molecular weight excluding hydrogens is 1220 g/mol. The highest BCUT2D eigenvalue weighted by atomic mass is 16.7. The summed E-state index contributed by atoms with van der Waals surface area (Å²) in [5.41, 5.74) is 0. The van der Waals surface area contributed by atoms with Gasteiger partial charge in [-0.2, -0.15) is 0 Å². The minimum Gasteiger partial charge on any atom is -0.545 e. The highest BCUT2D eigenvalue weighted by Crippen LogP contribution is 2.20. The summed E-state index contributed by atoms with van der Waals surface area (Å²) in [6.07, 6.45) is 109. The van der Waals surface area contributed by atoms with Crippen LogP contribution in [0.5, 0.6) is 0 Å². The molecule has 0 aliphatic heterocycles. The summed E-state index contributed by atoms with van der Waals surface area (Å²) in [5.74, 6) is -2.27. The van der Waals surface area contributed by atoms with Gasteiger partial charge in [-0.15, -0.1) is 0 Å². The van der Waals surface area contributed by atoms with Gasteiger partial charge in [-0.25, -0.2) is 0 Å². The van der Waals surface area contributed by atoms with Crippen molar-refractivity contribution in [1.82, 2.24) is 0 Å². The van der Waals surface area contributed by atoms with Crippen LogP contribution < -0.4 is 5.11 Å². The average Bonchev–Trinajstić information content (AvgIpc) is 1.14. The second-order valence-electron chi connectivity index (χ2n) is 29.4. The minimum atomic E-state index is -1.63. The molecule has 0 aliphatic carbocycles. The third-order valence-electron chi connectivity index (χ3n) is 18.5. The van der Waals surface area contributed by atoms with E-state index in [-0.39, 0.29) is 32.2 Å². The third kappa shape index (κ3) is 81.1. The molecule has 0 amide bonds. The van der Waals surface area contributed by atoms with Crippen molar-refractivity contribution in [3.8, 4) is 0 Å². The van der Waals surface area contributed by atoms with E-state index in [0.29, 0.717) is 23.9 Å². The number of quaternary nitrogens is 1. The summed E-state index contributed by atoms with van der Waals surface area (Å²) in [6.45, 7) is 4.68. The maximum absolute atomic E-state index is 13.0. The topological polar surface area (TPSA) is 111 Å². The second-order valence-corrected chi connectivity index (χ2v) is 29.4. The predicted molar refractivity (Wildman–Crippen MR) is 426 cm³/mol. The highest BCUT2D eigenvalue weighted by molar-refractivity contribution is 5.70. The summed E-state index contributed by atoms with van der Waals surface area (Å²) in [5, 5.41) is 11.9. The zero-order valence-corrected chi connectivity index (χ0v) is 65.6. The van der Waals surface area contributed by atoms with Gasteiger partial charge in [0, 0.05) is 12.8 Å². The number of allylic oxidation sites excluding steroid dienone is 18. The van der Waals surface area contributed by atoms with Crippen LogP contribution in [0.25, 0.3) is 0 Å². The molecule has 2 atom stereocenters. The molecule has 0 rings (SSSR count). The van der Waals surface area contributed by atoms with Crippen LogP contribution >= 0.6 is 0 Å². The number of carbonyl (C=O) groups excluding carboxylic acids is 3. The Morgan fingerprint density at radius 3 is 0.859 bits per heavy atom. The zero-order valence-electron chi connectivity index (χ0n) is 65.6. The first-order valence-corrected chi connectivity index (χ1v) is 42.0. The van der Waals surface area contributed by atoms with Crippen LogP contribution in [0, 0.1) is 0 Å². The van der Waals surface area contributed by atoms with Gasteiger partial charge in [0.2, 0.25) is 0 Å². The van der Waals surface area contributed by atoms with Crippen LogP contribution in [0.3, 0.4) is 0 Å². The van der Waals surface area contributed by atoms with E-state index in [0.717, 1.165) is 103 Å². The van der Waals surface area contributed by atoms with E-state index >= 15 is 0 Å². The summed E-state index contributed by atoms with van der Waals surface area (Å²) in [7, 11) is 5.94. The molecule has 9 nitrogen and oxygen atoms in total. The van der Waals surface area contributed by atoms with Crippen molar-refractivity contribution in [2.45, 2.75) is 399 Å². The molecule has 0 N–H and O–H groups in total. The quantitative estimate of drug-likeness (QED) is 0.0195. The van der Waals surface area contributed by atoms with E-state index in [2.05, 4.69) is 123 Å². The van der Waals surface area contributed by atoms with E-state index in [4.69, 9.17) is 18.9 Å². The number of carbonyl (C=O) groups is 3. The van der Waals surface area contributed by atoms with Gasteiger partial charge in [0.15, 0.2) is 12.4 Å². The molecule has 2 unspecified atom stereocenters. The summed E-state index contributed by atoms with van der Waals surface area (Å²) < 4.78 is 22.9. The average molecular weight is 1380 g/mol. The van der Waals surface area contributed by atoms with Gasteiger partial charge in [-0.05, 0) is 83.5 Å². The Labute approximate surface area is 613 Å². The summed E-state index contributed by atoms with van der Waals surface area (Å²) in [6, 6.07) is 0. The number of likely N-dealkylation sites (N-methyl/N-ethyl adjacent to an activating group) is 1. The molecule has 0 heterocycles. The highest BCUT2D eigenvalue weighted by Gasteiger charge is 2.22. The number of unbranched alkanes of at least 4 members (excludes halogenated alkanes) is 45. The van der Waals surface area contributed by atoms with E-state index < -0.39 is 24.3 Å². The van der Waals surface area contributed by atoms with E-state index in [1.807, 2.05) is 21.1 Å². The molecule has 0 saturated carbocycles. The Bertz CT molecular complexity index is 2000. The van der Waals surface area contributed by atoms with Crippen molar-refractivity contribution in [3.05, 3.63) is 109 Å². The molecule has 0 saturated heterocycles. The van der Waals surface area contributed by atoms with Gasteiger partial charge in [-0.1, -0.05) is 399 Å². The molecule has 0 aliphatic rings. The van der Waals surface area contributed by atoms with E-state index in [1.165, 1.54) is 250 Å². The van der Waals surface area contributed by atoms with Crippen molar-refractivity contribution in [1.29, 1.82) is 0 Å². The number of aliphatic carboxylic acids is 1. The van der Waals surface area contributed by atoms with Crippen molar-refractivity contribution in [3.63, 3.8) is 0 Å². The normalized spacial score (nSPS) is 13.2. The first-order chi connectivity index (χ1) is 48.6. The number of nitrogens with zero attached hydrogens (tertiary/aromatic N) is 1. The first-order valence-electron chi connectivity index (χ1n) is 42.0. The lowest BCUT2D eigenvalue weighted by molar-refractivity contribution is -0.870. The zero-order chi connectivity index (χ0) is 71.8. The number of esters is 2. The number of ether oxygens (including phenoxy) is 4. The molecule has 99 heavy (non-hydrogen) atoms.